The van der Waals surface area contributed by atoms with Gasteiger partial charge in [-0.15, -0.1) is 0 Å². The smallest absolute Gasteiger partial charge is 0.257 e. The van der Waals surface area contributed by atoms with Crippen molar-refractivity contribution in [1.82, 2.24) is 9.29 Å². The zero-order valence-corrected chi connectivity index (χ0v) is 18.1. The summed E-state index contributed by atoms with van der Waals surface area (Å²) in [6.07, 6.45) is 2.79. The van der Waals surface area contributed by atoms with Crippen LogP contribution in [0.1, 0.15) is 35.3 Å². The van der Waals surface area contributed by atoms with E-state index in [1.165, 1.54) is 10.4 Å². The van der Waals surface area contributed by atoms with Crippen molar-refractivity contribution in [2.24, 2.45) is 0 Å². The molecule has 2 heterocycles. The number of aryl methyl sites for hydroxylation is 1. The molecule has 156 valence electrons. The number of hydrogen-bond donors (Lipinski definition) is 1. The standard InChI is InChI=1S/C22H22ClN3O3S/c1-15-20(13-16-12-17(23)8-9-21(16)24-15)22(27)25-18-6-5-7-19(14-18)30(28,29)26-10-3-2-4-11-26/h5-9,12-14H,2-4,10-11H2,1H3,(H,25,27). The number of anilines is 1. The molecule has 2 aromatic carbocycles. The van der Waals surface area contributed by atoms with Gasteiger partial charge in [-0.05, 0) is 62.2 Å². The third-order valence-electron chi connectivity index (χ3n) is 5.26. The van der Waals surface area contributed by atoms with Crippen LogP contribution in [0.5, 0.6) is 0 Å². The van der Waals surface area contributed by atoms with Gasteiger partial charge in [0.05, 0.1) is 21.7 Å². The quantitative estimate of drug-likeness (QED) is 0.637. The molecule has 3 aromatic rings. The summed E-state index contributed by atoms with van der Waals surface area (Å²) in [5, 5.41) is 4.13. The molecule has 1 aliphatic heterocycles. The number of pyridine rings is 1. The zero-order chi connectivity index (χ0) is 21.3. The van der Waals surface area contributed by atoms with Crippen molar-refractivity contribution in [3.05, 3.63) is 64.8 Å². The van der Waals surface area contributed by atoms with E-state index in [1.807, 2.05) is 0 Å². The van der Waals surface area contributed by atoms with Crippen molar-refractivity contribution >= 4 is 44.1 Å². The molecule has 1 saturated heterocycles. The van der Waals surface area contributed by atoms with Crippen LogP contribution in [0, 0.1) is 6.92 Å². The minimum Gasteiger partial charge on any atom is -0.322 e. The van der Waals surface area contributed by atoms with Gasteiger partial charge < -0.3 is 5.32 Å². The predicted octanol–water partition coefficient (Wildman–Crippen LogP) is 4.62. The van der Waals surface area contributed by atoms with E-state index in [0.717, 1.165) is 30.2 Å². The lowest BCUT2D eigenvalue weighted by Crippen LogP contribution is -2.35. The second kappa shape index (κ2) is 8.34. The van der Waals surface area contributed by atoms with Crippen LogP contribution in [0.4, 0.5) is 5.69 Å². The fourth-order valence-electron chi connectivity index (χ4n) is 3.66. The number of carbonyl (C=O) groups is 1. The maximum absolute atomic E-state index is 12.9. The summed E-state index contributed by atoms with van der Waals surface area (Å²) >= 11 is 6.06. The fraction of sp³-hybridized carbons (Fsp3) is 0.273. The highest BCUT2D eigenvalue weighted by Gasteiger charge is 2.26. The Bertz CT molecular complexity index is 1220. The number of aromatic nitrogens is 1. The van der Waals surface area contributed by atoms with Gasteiger partial charge in [-0.1, -0.05) is 24.1 Å². The Kier molecular flexibility index (Phi) is 5.77. The van der Waals surface area contributed by atoms with Crippen LogP contribution in [0.2, 0.25) is 5.02 Å². The van der Waals surface area contributed by atoms with Crippen LogP contribution in [0.3, 0.4) is 0 Å². The Morgan fingerprint density at radius 1 is 1.07 bits per heavy atom. The molecule has 0 bridgehead atoms. The van der Waals surface area contributed by atoms with Gasteiger partial charge in [-0.25, -0.2) is 8.42 Å². The van der Waals surface area contributed by atoms with Crippen LogP contribution < -0.4 is 5.32 Å². The van der Waals surface area contributed by atoms with Gasteiger partial charge >= 0.3 is 0 Å². The summed E-state index contributed by atoms with van der Waals surface area (Å²) in [7, 11) is -3.57. The number of hydrogen-bond acceptors (Lipinski definition) is 4. The van der Waals surface area contributed by atoms with Crippen molar-refractivity contribution in [1.29, 1.82) is 0 Å². The van der Waals surface area contributed by atoms with Crippen LogP contribution in [-0.4, -0.2) is 36.7 Å². The Morgan fingerprint density at radius 2 is 1.83 bits per heavy atom. The van der Waals surface area contributed by atoms with Crippen LogP contribution in [0.25, 0.3) is 10.9 Å². The van der Waals surface area contributed by atoms with E-state index < -0.39 is 10.0 Å². The van der Waals surface area contributed by atoms with Gasteiger partial charge in [0.2, 0.25) is 10.0 Å². The summed E-state index contributed by atoms with van der Waals surface area (Å²) in [6.45, 7) is 2.83. The highest BCUT2D eigenvalue weighted by molar-refractivity contribution is 7.89. The average molecular weight is 444 g/mol. The first-order valence-electron chi connectivity index (χ1n) is 9.83. The van der Waals surface area contributed by atoms with E-state index in [-0.39, 0.29) is 10.8 Å². The molecule has 0 aliphatic carbocycles. The number of amides is 1. The number of rotatable bonds is 4. The van der Waals surface area contributed by atoms with E-state index in [4.69, 9.17) is 11.6 Å². The molecule has 6 nitrogen and oxygen atoms in total. The Morgan fingerprint density at radius 3 is 2.60 bits per heavy atom. The van der Waals surface area contributed by atoms with Crippen molar-refractivity contribution in [2.75, 3.05) is 18.4 Å². The molecule has 4 rings (SSSR count). The molecule has 1 fully saturated rings. The number of carbonyl (C=O) groups excluding carboxylic acids is 1. The van der Waals surface area contributed by atoms with Crippen molar-refractivity contribution in [3.63, 3.8) is 0 Å². The summed E-state index contributed by atoms with van der Waals surface area (Å²) in [6, 6.07) is 13.4. The van der Waals surface area contributed by atoms with Crippen LogP contribution in [0.15, 0.2) is 53.4 Å². The fourth-order valence-corrected chi connectivity index (χ4v) is 5.40. The lowest BCUT2D eigenvalue weighted by atomic mass is 10.1. The first-order valence-corrected chi connectivity index (χ1v) is 11.6. The third-order valence-corrected chi connectivity index (χ3v) is 7.39. The molecule has 0 unspecified atom stereocenters. The van der Waals surface area contributed by atoms with Crippen molar-refractivity contribution in [3.8, 4) is 0 Å². The van der Waals surface area contributed by atoms with Gasteiger partial charge in [0.15, 0.2) is 0 Å². The molecule has 0 spiro atoms. The number of benzene rings is 2. The molecule has 0 saturated carbocycles. The zero-order valence-electron chi connectivity index (χ0n) is 16.6. The molecule has 1 aliphatic rings. The average Bonchev–Trinajstić information content (AvgIpc) is 2.74. The van der Waals surface area contributed by atoms with Gasteiger partial charge in [0.1, 0.15) is 0 Å². The SMILES string of the molecule is Cc1nc2ccc(Cl)cc2cc1C(=O)Nc1cccc(S(=O)(=O)N2CCCCC2)c1. The number of sulfonamides is 1. The lowest BCUT2D eigenvalue weighted by Gasteiger charge is -2.26. The first kappa shape index (κ1) is 20.8. The molecule has 0 radical (unpaired) electrons. The second-order valence-corrected chi connectivity index (χ2v) is 9.78. The summed E-state index contributed by atoms with van der Waals surface area (Å²) < 4.78 is 27.3. The van der Waals surface area contributed by atoms with Crippen molar-refractivity contribution < 1.29 is 13.2 Å². The van der Waals surface area contributed by atoms with Gasteiger partial charge in [-0.3, -0.25) is 9.78 Å². The topological polar surface area (TPSA) is 79.4 Å². The van der Waals surface area contributed by atoms with E-state index in [0.29, 0.717) is 35.1 Å². The van der Waals surface area contributed by atoms with E-state index >= 15 is 0 Å². The molecule has 0 atom stereocenters. The first-order chi connectivity index (χ1) is 14.3. The number of halogens is 1. The number of fused-ring (bicyclic) bond motifs is 1. The number of nitrogens with one attached hydrogen (secondary N) is 1. The highest BCUT2D eigenvalue weighted by Crippen LogP contribution is 2.24. The Balaban J connectivity index is 1.60. The summed E-state index contributed by atoms with van der Waals surface area (Å²) in [5.74, 6) is -0.352. The molecule has 1 amide bonds. The van der Waals surface area contributed by atoms with Crippen molar-refractivity contribution in [2.45, 2.75) is 31.1 Å². The summed E-state index contributed by atoms with van der Waals surface area (Å²) in [5.41, 5.74) is 2.17. The summed E-state index contributed by atoms with van der Waals surface area (Å²) in [4.78, 5) is 17.5. The van der Waals surface area contributed by atoms with Crippen LogP contribution >= 0.6 is 11.6 Å². The molecule has 30 heavy (non-hydrogen) atoms. The number of piperidine rings is 1. The van der Waals surface area contributed by atoms with Gasteiger partial charge in [-0.2, -0.15) is 4.31 Å². The molecular formula is C22H22ClN3O3S. The largest absolute Gasteiger partial charge is 0.322 e. The maximum Gasteiger partial charge on any atom is 0.257 e. The van der Waals surface area contributed by atoms with E-state index in [1.54, 1.807) is 49.4 Å². The van der Waals surface area contributed by atoms with Gasteiger partial charge in [0.25, 0.3) is 5.91 Å². The van der Waals surface area contributed by atoms with Crippen LogP contribution in [-0.2, 0) is 10.0 Å². The minimum absolute atomic E-state index is 0.183. The normalized spacial score (nSPS) is 15.3. The lowest BCUT2D eigenvalue weighted by molar-refractivity contribution is 0.102. The third kappa shape index (κ3) is 4.19. The van der Waals surface area contributed by atoms with Gasteiger partial charge in [0, 0.05) is 29.2 Å². The van der Waals surface area contributed by atoms with E-state index in [2.05, 4.69) is 10.3 Å². The maximum atomic E-state index is 12.9. The van der Waals surface area contributed by atoms with E-state index in [9.17, 15) is 13.2 Å². The number of nitrogens with zero attached hydrogens (tertiary/aromatic N) is 2. The molecular weight excluding hydrogens is 422 g/mol. The molecule has 1 aromatic heterocycles. The minimum atomic E-state index is -3.57. The Hall–Kier alpha value is -2.48. The highest BCUT2D eigenvalue weighted by atomic mass is 35.5. The predicted molar refractivity (Wildman–Crippen MR) is 118 cm³/mol. The monoisotopic (exact) mass is 443 g/mol. The second-order valence-electron chi connectivity index (χ2n) is 7.41. The molecule has 1 N–H and O–H groups in total. The molecule has 8 heteroatoms. The Labute approximate surface area is 180 Å².